The van der Waals surface area contributed by atoms with Crippen molar-refractivity contribution in [3.8, 4) is 17.3 Å². The van der Waals surface area contributed by atoms with E-state index in [1.807, 2.05) is 0 Å². The van der Waals surface area contributed by atoms with Gasteiger partial charge in [-0.15, -0.1) is 0 Å². The van der Waals surface area contributed by atoms with Crippen LogP contribution in [0.15, 0.2) is 36.4 Å². The van der Waals surface area contributed by atoms with Gasteiger partial charge in [0, 0.05) is 31.7 Å². The molecule has 3 rings (SSSR count). The maximum Gasteiger partial charge on any atom is 0.147 e. The fraction of sp³-hybridized carbons (Fsp3) is 0.294. The standard InChI is InChI=1S/C17H17FN4/c1-21-8-10-22(11-9-21)17-13(12-19)6-7-16(20-17)14-4-2-3-5-15(14)18/h2-7H,8-11H2,1H3. The van der Waals surface area contributed by atoms with E-state index in [1.165, 1.54) is 6.07 Å². The van der Waals surface area contributed by atoms with Crippen LogP contribution in [0, 0.1) is 17.1 Å². The van der Waals surface area contributed by atoms with Gasteiger partial charge in [-0.3, -0.25) is 0 Å². The van der Waals surface area contributed by atoms with Crippen LogP contribution < -0.4 is 4.90 Å². The van der Waals surface area contributed by atoms with Gasteiger partial charge in [-0.1, -0.05) is 12.1 Å². The molecule has 1 aliphatic heterocycles. The Morgan fingerprint density at radius 1 is 1.09 bits per heavy atom. The number of benzene rings is 1. The molecule has 1 aliphatic rings. The lowest BCUT2D eigenvalue weighted by Crippen LogP contribution is -2.45. The minimum Gasteiger partial charge on any atom is -0.353 e. The highest BCUT2D eigenvalue weighted by atomic mass is 19.1. The number of nitriles is 1. The molecule has 0 spiro atoms. The number of anilines is 1. The summed E-state index contributed by atoms with van der Waals surface area (Å²) >= 11 is 0. The Morgan fingerprint density at radius 3 is 2.50 bits per heavy atom. The smallest absolute Gasteiger partial charge is 0.147 e. The van der Waals surface area contributed by atoms with Crippen LogP contribution in [-0.4, -0.2) is 43.1 Å². The Bertz CT molecular complexity index is 715. The molecule has 0 aliphatic carbocycles. The summed E-state index contributed by atoms with van der Waals surface area (Å²) in [6, 6.07) is 12.2. The highest BCUT2D eigenvalue weighted by Gasteiger charge is 2.19. The van der Waals surface area contributed by atoms with Crippen LogP contribution in [-0.2, 0) is 0 Å². The molecule has 0 unspecified atom stereocenters. The number of hydrogen-bond acceptors (Lipinski definition) is 4. The molecular formula is C17H17FN4. The van der Waals surface area contributed by atoms with E-state index in [-0.39, 0.29) is 5.82 Å². The van der Waals surface area contributed by atoms with Crippen molar-refractivity contribution in [2.45, 2.75) is 0 Å². The number of likely N-dealkylation sites (N-methyl/N-ethyl adjacent to an activating group) is 1. The van der Waals surface area contributed by atoms with E-state index in [2.05, 4.69) is 27.9 Å². The molecular weight excluding hydrogens is 279 g/mol. The van der Waals surface area contributed by atoms with Crippen LogP contribution >= 0.6 is 0 Å². The van der Waals surface area contributed by atoms with E-state index in [0.717, 1.165) is 26.2 Å². The zero-order valence-corrected chi connectivity index (χ0v) is 12.5. The summed E-state index contributed by atoms with van der Waals surface area (Å²) in [5.41, 5.74) is 1.55. The minimum atomic E-state index is -0.302. The zero-order chi connectivity index (χ0) is 15.5. The molecule has 2 heterocycles. The minimum absolute atomic E-state index is 0.302. The van der Waals surface area contributed by atoms with Crippen molar-refractivity contribution in [1.29, 1.82) is 5.26 Å². The Kier molecular flexibility index (Phi) is 4.03. The first-order valence-corrected chi connectivity index (χ1v) is 7.28. The van der Waals surface area contributed by atoms with Gasteiger partial charge in [-0.25, -0.2) is 9.37 Å². The molecule has 2 aromatic rings. The third-order valence-corrected chi connectivity index (χ3v) is 3.95. The number of nitrogens with zero attached hydrogens (tertiary/aromatic N) is 4. The average Bonchev–Trinajstić information content (AvgIpc) is 2.55. The monoisotopic (exact) mass is 296 g/mol. The van der Waals surface area contributed by atoms with E-state index >= 15 is 0 Å². The number of rotatable bonds is 2. The average molecular weight is 296 g/mol. The molecule has 1 aromatic carbocycles. The normalized spacial score (nSPS) is 15.6. The van der Waals surface area contributed by atoms with Gasteiger partial charge in [0.05, 0.1) is 11.3 Å². The predicted molar refractivity (Wildman–Crippen MR) is 84.1 cm³/mol. The SMILES string of the molecule is CN1CCN(c2nc(-c3ccccc3F)ccc2C#N)CC1. The second-order valence-corrected chi connectivity index (χ2v) is 5.45. The maximum absolute atomic E-state index is 14.0. The lowest BCUT2D eigenvalue weighted by Gasteiger charge is -2.33. The molecule has 0 N–H and O–H groups in total. The second-order valence-electron chi connectivity index (χ2n) is 5.45. The Hall–Kier alpha value is -2.45. The van der Waals surface area contributed by atoms with Crippen molar-refractivity contribution in [2.75, 3.05) is 38.1 Å². The first-order chi connectivity index (χ1) is 10.7. The molecule has 1 fully saturated rings. The number of aromatic nitrogens is 1. The molecule has 0 radical (unpaired) electrons. The lowest BCUT2D eigenvalue weighted by molar-refractivity contribution is 0.312. The second kappa shape index (κ2) is 6.12. The van der Waals surface area contributed by atoms with Gasteiger partial charge in [-0.2, -0.15) is 5.26 Å². The van der Waals surface area contributed by atoms with Crippen LogP contribution in [0.4, 0.5) is 10.2 Å². The fourth-order valence-electron chi connectivity index (χ4n) is 2.61. The van der Waals surface area contributed by atoms with Crippen LogP contribution in [0.25, 0.3) is 11.3 Å². The summed E-state index contributed by atoms with van der Waals surface area (Å²) in [4.78, 5) is 8.91. The van der Waals surface area contributed by atoms with Crippen LogP contribution in [0.1, 0.15) is 5.56 Å². The van der Waals surface area contributed by atoms with Crippen molar-refractivity contribution in [3.63, 3.8) is 0 Å². The van der Waals surface area contributed by atoms with Crippen LogP contribution in [0.3, 0.4) is 0 Å². The summed E-state index contributed by atoms with van der Waals surface area (Å²) in [7, 11) is 2.08. The molecule has 4 nitrogen and oxygen atoms in total. The quantitative estimate of drug-likeness (QED) is 0.854. The van der Waals surface area contributed by atoms with E-state index in [4.69, 9.17) is 0 Å². The molecule has 0 atom stereocenters. The van der Waals surface area contributed by atoms with Gasteiger partial charge >= 0.3 is 0 Å². The molecule has 1 aromatic heterocycles. The molecule has 0 bridgehead atoms. The Balaban J connectivity index is 2.00. The number of pyridine rings is 1. The van der Waals surface area contributed by atoms with E-state index in [1.54, 1.807) is 30.3 Å². The summed E-state index contributed by atoms with van der Waals surface area (Å²) in [6.45, 7) is 3.49. The van der Waals surface area contributed by atoms with Crippen LogP contribution in [0.2, 0.25) is 0 Å². The molecule has 0 saturated carbocycles. The highest BCUT2D eigenvalue weighted by Crippen LogP contribution is 2.26. The summed E-state index contributed by atoms with van der Waals surface area (Å²) in [6.07, 6.45) is 0. The molecule has 1 saturated heterocycles. The topological polar surface area (TPSA) is 43.2 Å². The van der Waals surface area contributed by atoms with Crippen molar-refractivity contribution in [2.24, 2.45) is 0 Å². The third-order valence-electron chi connectivity index (χ3n) is 3.95. The molecule has 112 valence electrons. The Labute approximate surface area is 129 Å². The number of piperazine rings is 1. The van der Waals surface area contributed by atoms with Gasteiger partial charge in [0.25, 0.3) is 0 Å². The maximum atomic E-state index is 14.0. The fourth-order valence-corrected chi connectivity index (χ4v) is 2.61. The highest BCUT2D eigenvalue weighted by molar-refractivity contribution is 5.66. The third kappa shape index (κ3) is 2.78. The molecule has 5 heteroatoms. The van der Waals surface area contributed by atoms with E-state index in [0.29, 0.717) is 22.6 Å². The summed E-state index contributed by atoms with van der Waals surface area (Å²) in [5, 5.41) is 9.32. The van der Waals surface area contributed by atoms with Crippen molar-refractivity contribution < 1.29 is 4.39 Å². The van der Waals surface area contributed by atoms with Crippen LogP contribution in [0.5, 0.6) is 0 Å². The number of halogens is 1. The summed E-state index contributed by atoms with van der Waals surface area (Å²) in [5.74, 6) is 0.348. The molecule has 0 amide bonds. The van der Waals surface area contributed by atoms with Crippen molar-refractivity contribution in [3.05, 3.63) is 47.8 Å². The van der Waals surface area contributed by atoms with Crippen molar-refractivity contribution in [1.82, 2.24) is 9.88 Å². The van der Waals surface area contributed by atoms with Crippen molar-refractivity contribution >= 4 is 5.82 Å². The van der Waals surface area contributed by atoms with Gasteiger partial charge in [0.1, 0.15) is 17.7 Å². The largest absolute Gasteiger partial charge is 0.353 e. The van der Waals surface area contributed by atoms with Gasteiger partial charge < -0.3 is 9.80 Å². The zero-order valence-electron chi connectivity index (χ0n) is 12.5. The number of hydrogen-bond donors (Lipinski definition) is 0. The Morgan fingerprint density at radius 2 is 1.82 bits per heavy atom. The molecule has 22 heavy (non-hydrogen) atoms. The lowest BCUT2D eigenvalue weighted by atomic mass is 10.1. The first-order valence-electron chi connectivity index (χ1n) is 7.28. The first kappa shape index (κ1) is 14.5. The van der Waals surface area contributed by atoms with Gasteiger partial charge in [0.2, 0.25) is 0 Å². The van der Waals surface area contributed by atoms with E-state index in [9.17, 15) is 9.65 Å². The van der Waals surface area contributed by atoms with E-state index < -0.39 is 0 Å². The van der Waals surface area contributed by atoms with Gasteiger partial charge in [0.15, 0.2) is 0 Å². The predicted octanol–water partition coefficient (Wildman–Crippen LogP) is 2.51. The van der Waals surface area contributed by atoms with Gasteiger partial charge in [-0.05, 0) is 31.3 Å². The summed E-state index contributed by atoms with van der Waals surface area (Å²) < 4.78 is 14.0.